The number of nitrogens with one attached hydrogen (secondary N) is 2. The Balaban J connectivity index is 1.76. The average molecular weight is 309 g/mol. The van der Waals surface area contributed by atoms with E-state index in [0.717, 1.165) is 4.88 Å². The van der Waals surface area contributed by atoms with E-state index in [-0.39, 0.29) is 18.4 Å². The summed E-state index contributed by atoms with van der Waals surface area (Å²) in [6.45, 7) is -0.0588. The van der Waals surface area contributed by atoms with Crippen LogP contribution in [0.1, 0.15) is 4.88 Å². The number of carbonyl (C=O) groups excluding carboxylic acids is 2. The van der Waals surface area contributed by atoms with Crippen molar-refractivity contribution in [3.05, 3.63) is 51.7 Å². The molecule has 0 spiro atoms. The highest BCUT2D eigenvalue weighted by molar-refractivity contribution is 7.10. The average Bonchev–Trinajstić information content (AvgIpc) is 2.89. The maximum atomic E-state index is 11.7. The van der Waals surface area contributed by atoms with Gasteiger partial charge < -0.3 is 10.6 Å². The Kier molecular flexibility index (Phi) is 5.15. The molecule has 2 amide bonds. The summed E-state index contributed by atoms with van der Waals surface area (Å²) in [6.07, 6.45) is 0.294. The molecule has 0 fully saturated rings. The lowest BCUT2D eigenvalue weighted by atomic mass is 10.3. The number of rotatable bonds is 5. The van der Waals surface area contributed by atoms with E-state index in [4.69, 9.17) is 11.6 Å². The van der Waals surface area contributed by atoms with Crippen molar-refractivity contribution in [2.24, 2.45) is 0 Å². The largest absolute Gasteiger partial charge is 0.347 e. The van der Waals surface area contributed by atoms with Gasteiger partial charge in [-0.2, -0.15) is 0 Å². The van der Waals surface area contributed by atoms with E-state index in [1.54, 1.807) is 24.3 Å². The number of thiophene rings is 1. The normalized spacial score (nSPS) is 10.1. The van der Waals surface area contributed by atoms with E-state index in [9.17, 15) is 9.59 Å². The Morgan fingerprint density at radius 3 is 2.70 bits per heavy atom. The predicted octanol–water partition coefficient (Wildman–Crippen LogP) is 2.70. The maximum absolute atomic E-state index is 11.7. The highest BCUT2D eigenvalue weighted by Crippen LogP contribution is 2.14. The van der Waals surface area contributed by atoms with Gasteiger partial charge in [0.05, 0.1) is 13.0 Å². The van der Waals surface area contributed by atoms with Crippen LogP contribution in [0.2, 0.25) is 5.02 Å². The lowest BCUT2D eigenvalue weighted by molar-refractivity contribution is -0.123. The van der Waals surface area contributed by atoms with Gasteiger partial charge in [-0.25, -0.2) is 0 Å². The first-order valence-corrected chi connectivity index (χ1v) is 7.24. The Morgan fingerprint density at radius 2 is 2.00 bits per heavy atom. The standard InChI is InChI=1S/C14H13ClN2O2S/c15-10-3-1-4-11(7-10)17-14(19)9-16-13(18)8-12-5-2-6-20-12/h1-7H,8-9H2,(H,16,18)(H,17,19). The molecule has 0 radical (unpaired) electrons. The summed E-state index contributed by atoms with van der Waals surface area (Å²) >= 11 is 7.33. The molecule has 2 aromatic rings. The molecule has 0 unspecified atom stereocenters. The van der Waals surface area contributed by atoms with Gasteiger partial charge in [0.2, 0.25) is 11.8 Å². The fraction of sp³-hybridized carbons (Fsp3) is 0.143. The minimum absolute atomic E-state index is 0.0588. The second kappa shape index (κ2) is 7.07. The van der Waals surface area contributed by atoms with Crippen LogP contribution in [0.15, 0.2) is 41.8 Å². The maximum Gasteiger partial charge on any atom is 0.243 e. The third kappa shape index (κ3) is 4.68. The van der Waals surface area contributed by atoms with Crippen molar-refractivity contribution < 1.29 is 9.59 Å². The third-order valence-corrected chi connectivity index (χ3v) is 3.58. The molecule has 0 aliphatic heterocycles. The van der Waals surface area contributed by atoms with Crippen molar-refractivity contribution in [3.63, 3.8) is 0 Å². The van der Waals surface area contributed by atoms with Crippen LogP contribution >= 0.6 is 22.9 Å². The van der Waals surface area contributed by atoms with Crippen LogP contribution in [0.4, 0.5) is 5.69 Å². The van der Waals surface area contributed by atoms with Crippen molar-refractivity contribution in [1.82, 2.24) is 5.32 Å². The molecular weight excluding hydrogens is 296 g/mol. The van der Waals surface area contributed by atoms with Crippen LogP contribution in [-0.2, 0) is 16.0 Å². The molecule has 0 saturated carbocycles. The van der Waals surface area contributed by atoms with E-state index in [0.29, 0.717) is 17.1 Å². The van der Waals surface area contributed by atoms with Gasteiger partial charge in [0, 0.05) is 15.6 Å². The molecule has 2 N–H and O–H groups in total. The van der Waals surface area contributed by atoms with Crippen LogP contribution in [0.3, 0.4) is 0 Å². The molecule has 2 rings (SSSR count). The summed E-state index contributed by atoms with van der Waals surface area (Å²) in [5.41, 5.74) is 0.606. The first kappa shape index (κ1) is 14.6. The van der Waals surface area contributed by atoms with E-state index in [2.05, 4.69) is 10.6 Å². The second-order valence-corrected chi connectivity index (χ2v) is 5.56. The molecule has 0 bridgehead atoms. The van der Waals surface area contributed by atoms with Crippen molar-refractivity contribution in [2.75, 3.05) is 11.9 Å². The van der Waals surface area contributed by atoms with Crippen molar-refractivity contribution in [1.29, 1.82) is 0 Å². The molecule has 0 saturated heterocycles. The Morgan fingerprint density at radius 1 is 1.15 bits per heavy atom. The summed E-state index contributed by atoms with van der Waals surface area (Å²) in [5.74, 6) is -0.458. The fourth-order valence-electron chi connectivity index (χ4n) is 1.58. The summed E-state index contributed by atoms with van der Waals surface area (Å²) in [4.78, 5) is 24.3. The summed E-state index contributed by atoms with van der Waals surface area (Å²) in [6, 6.07) is 10.6. The molecule has 6 heteroatoms. The van der Waals surface area contributed by atoms with Gasteiger partial charge >= 0.3 is 0 Å². The third-order valence-electron chi connectivity index (χ3n) is 2.47. The Labute approximate surface area is 125 Å². The molecule has 1 aromatic carbocycles. The molecule has 0 atom stereocenters. The molecule has 1 aromatic heterocycles. The van der Waals surface area contributed by atoms with Crippen LogP contribution in [0.5, 0.6) is 0 Å². The van der Waals surface area contributed by atoms with Gasteiger partial charge in [0.25, 0.3) is 0 Å². The van der Waals surface area contributed by atoms with E-state index >= 15 is 0 Å². The molecule has 20 heavy (non-hydrogen) atoms. The minimum atomic E-state index is -0.285. The van der Waals surface area contributed by atoms with Crippen molar-refractivity contribution >= 4 is 40.4 Å². The first-order valence-electron chi connectivity index (χ1n) is 5.98. The van der Waals surface area contributed by atoms with Crippen LogP contribution in [0.25, 0.3) is 0 Å². The van der Waals surface area contributed by atoms with Gasteiger partial charge in [-0.15, -0.1) is 11.3 Å². The Hall–Kier alpha value is -1.85. The molecule has 1 heterocycles. The first-order chi connectivity index (χ1) is 9.63. The van der Waals surface area contributed by atoms with Crippen molar-refractivity contribution in [3.8, 4) is 0 Å². The lowest BCUT2D eigenvalue weighted by Crippen LogP contribution is -2.33. The summed E-state index contributed by atoms with van der Waals surface area (Å²) < 4.78 is 0. The lowest BCUT2D eigenvalue weighted by Gasteiger charge is -2.06. The summed E-state index contributed by atoms with van der Waals surface area (Å²) in [7, 11) is 0. The molecule has 0 aliphatic rings. The SMILES string of the molecule is O=C(Cc1cccs1)NCC(=O)Nc1cccc(Cl)c1. The van der Waals surface area contributed by atoms with Gasteiger partial charge in [0.15, 0.2) is 0 Å². The second-order valence-electron chi connectivity index (χ2n) is 4.09. The number of benzene rings is 1. The molecule has 4 nitrogen and oxygen atoms in total. The smallest absolute Gasteiger partial charge is 0.243 e. The monoisotopic (exact) mass is 308 g/mol. The highest BCUT2D eigenvalue weighted by atomic mass is 35.5. The van der Waals surface area contributed by atoms with Crippen LogP contribution in [0, 0.1) is 0 Å². The van der Waals surface area contributed by atoms with Crippen LogP contribution in [-0.4, -0.2) is 18.4 Å². The topological polar surface area (TPSA) is 58.2 Å². The zero-order valence-electron chi connectivity index (χ0n) is 10.6. The molecular formula is C14H13ClN2O2S. The fourth-order valence-corrected chi connectivity index (χ4v) is 2.48. The van der Waals surface area contributed by atoms with Crippen molar-refractivity contribution in [2.45, 2.75) is 6.42 Å². The van der Waals surface area contributed by atoms with E-state index in [1.807, 2.05) is 17.5 Å². The zero-order chi connectivity index (χ0) is 14.4. The minimum Gasteiger partial charge on any atom is -0.347 e. The van der Waals surface area contributed by atoms with Crippen LogP contribution < -0.4 is 10.6 Å². The number of amides is 2. The number of hydrogen-bond acceptors (Lipinski definition) is 3. The van der Waals surface area contributed by atoms with Gasteiger partial charge in [-0.05, 0) is 29.6 Å². The number of hydrogen-bond donors (Lipinski definition) is 2. The van der Waals surface area contributed by atoms with Gasteiger partial charge in [-0.3, -0.25) is 9.59 Å². The highest BCUT2D eigenvalue weighted by Gasteiger charge is 2.07. The number of carbonyl (C=O) groups is 2. The Bertz CT molecular complexity index is 599. The quantitative estimate of drug-likeness (QED) is 0.892. The number of anilines is 1. The van der Waals surface area contributed by atoms with Gasteiger partial charge in [-0.1, -0.05) is 23.7 Å². The summed E-state index contributed by atoms with van der Waals surface area (Å²) in [5, 5.41) is 7.70. The zero-order valence-corrected chi connectivity index (χ0v) is 12.1. The predicted molar refractivity (Wildman–Crippen MR) is 81.1 cm³/mol. The molecule has 0 aliphatic carbocycles. The van der Waals surface area contributed by atoms with Gasteiger partial charge in [0.1, 0.15) is 0 Å². The number of halogens is 1. The molecule has 104 valence electrons. The van der Waals surface area contributed by atoms with E-state index in [1.165, 1.54) is 11.3 Å². The van der Waals surface area contributed by atoms with E-state index < -0.39 is 0 Å².